The molecule has 0 unspecified atom stereocenters. The van der Waals surface area contributed by atoms with Crippen molar-refractivity contribution in [1.82, 2.24) is 0 Å². The summed E-state index contributed by atoms with van der Waals surface area (Å²) in [6.45, 7) is 11.2. The van der Waals surface area contributed by atoms with Gasteiger partial charge in [0.15, 0.2) is 0 Å². The predicted molar refractivity (Wildman–Crippen MR) is 153 cm³/mol. The molecule has 15 heteroatoms. The summed E-state index contributed by atoms with van der Waals surface area (Å²) in [7, 11) is 1.31. The molecule has 0 saturated heterocycles. The van der Waals surface area contributed by atoms with Crippen LogP contribution in [0.1, 0.15) is 0 Å². The lowest BCUT2D eigenvalue weighted by Crippen LogP contribution is -2.16. The fraction of sp³-hybridized carbons (Fsp3) is 0.963. The summed E-state index contributed by atoms with van der Waals surface area (Å²) in [6, 6.07) is 0. The molecule has 0 aromatic heterocycles. The number of carbonyl (C=O) groups excluding carboxylic acids is 1. The van der Waals surface area contributed by atoms with Gasteiger partial charge in [0.05, 0.1) is 159 Å². The van der Waals surface area contributed by atoms with Crippen molar-refractivity contribution >= 4 is 17.6 Å². The van der Waals surface area contributed by atoms with Crippen LogP contribution in [0.15, 0.2) is 0 Å². The van der Waals surface area contributed by atoms with Gasteiger partial charge in [-0.05, 0) is 0 Å². The Morgan fingerprint density at radius 2 is 0.548 bits per heavy atom. The van der Waals surface area contributed by atoms with E-state index in [4.69, 9.17) is 68.4 Å². The van der Waals surface area contributed by atoms with E-state index in [9.17, 15) is 4.79 Å². The lowest BCUT2D eigenvalue weighted by atomic mass is 10.6. The van der Waals surface area contributed by atoms with Gasteiger partial charge in [0.2, 0.25) is 0 Å². The van der Waals surface area contributed by atoms with Crippen LogP contribution in [0.4, 0.5) is 0 Å². The summed E-state index contributed by atoms with van der Waals surface area (Å²) >= 11 is 5.50. The molecule has 0 rings (SSSR count). The van der Waals surface area contributed by atoms with Gasteiger partial charge in [-0.25, -0.2) is 4.79 Å². The van der Waals surface area contributed by atoms with E-state index in [1.165, 1.54) is 7.11 Å². The average Bonchev–Trinajstić information content (AvgIpc) is 3.00. The molecule has 0 spiro atoms. The molecule has 14 nitrogen and oxygen atoms in total. The Balaban J connectivity index is 3.04. The third-order valence-corrected chi connectivity index (χ3v) is 4.92. The summed E-state index contributed by atoms with van der Waals surface area (Å²) in [4.78, 5) is 10.8. The van der Waals surface area contributed by atoms with Gasteiger partial charge in [0.1, 0.15) is 6.61 Å². The monoisotopic (exact) mass is 636 g/mol. The molecule has 0 atom stereocenters. The number of alkyl halides is 1. The maximum Gasteiger partial charge on any atom is 0.331 e. The van der Waals surface area contributed by atoms with Gasteiger partial charge < -0.3 is 61.6 Å². The zero-order valence-corrected chi connectivity index (χ0v) is 26.0. The van der Waals surface area contributed by atoms with E-state index < -0.39 is 5.97 Å². The molecule has 0 aromatic carbocycles. The van der Waals surface area contributed by atoms with E-state index in [1.54, 1.807) is 0 Å². The Morgan fingerprint density at radius 3 is 0.738 bits per heavy atom. The Morgan fingerprint density at radius 1 is 0.357 bits per heavy atom. The molecule has 252 valence electrons. The molecule has 0 aromatic rings. The minimum atomic E-state index is -0.408. The van der Waals surface area contributed by atoms with Crippen LogP contribution in [0, 0.1) is 0 Å². The summed E-state index contributed by atoms with van der Waals surface area (Å²) in [5.41, 5.74) is 0. The topological polar surface area (TPSA) is 137 Å². The third-order valence-electron chi connectivity index (χ3n) is 4.76. The van der Waals surface area contributed by atoms with Gasteiger partial charge >= 0.3 is 5.97 Å². The van der Waals surface area contributed by atoms with E-state index in [0.29, 0.717) is 158 Å². The van der Waals surface area contributed by atoms with Crippen molar-refractivity contribution in [2.24, 2.45) is 0 Å². The quantitative estimate of drug-likeness (QED) is 0.0534. The molecule has 0 aliphatic heterocycles. The van der Waals surface area contributed by atoms with E-state index in [-0.39, 0.29) is 6.61 Å². The van der Waals surface area contributed by atoms with Gasteiger partial charge in [0, 0.05) is 5.88 Å². The van der Waals surface area contributed by atoms with Gasteiger partial charge in [-0.1, -0.05) is 0 Å². The number of esters is 1. The summed E-state index contributed by atoms with van der Waals surface area (Å²) in [5, 5.41) is 0. The molecule has 0 aliphatic carbocycles. The van der Waals surface area contributed by atoms with Crippen LogP contribution < -0.4 is 0 Å². The first-order valence-electron chi connectivity index (χ1n) is 14.4. The number of carbonyl (C=O) groups is 1. The van der Waals surface area contributed by atoms with Gasteiger partial charge in [-0.15, -0.1) is 11.6 Å². The summed E-state index contributed by atoms with van der Waals surface area (Å²) in [5.74, 6) is 0.0858. The molecule has 42 heavy (non-hydrogen) atoms. The predicted octanol–water partition coefficient (Wildman–Crippen LogP) is 0.597. The van der Waals surface area contributed by atoms with Crippen molar-refractivity contribution in [1.29, 1.82) is 0 Å². The Hall–Kier alpha value is -0.720. The largest absolute Gasteiger partial charge is 0.467 e. The highest BCUT2D eigenvalue weighted by molar-refractivity contribution is 6.17. The second-order valence-corrected chi connectivity index (χ2v) is 8.43. The maximum atomic E-state index is 10.8. The van der Waals surface area contributed by atoms with Crippen LogP contribution in [0.5, 0.6) is 0 Å². The fourth-order valence-electron chi connectivity index (χ4n) is 2.69. The van der Waals surface area contributed by atoms with E-state index in [1.807, 2.05) is 0 Å². The molecule has 0 saturated carbocycles. The van der Waals surface area contributed by atoms with Crippen molar-refractivity contribution in [3.8, 4) is 0 Å². The maximum absolute atomic E-state index is 10.8. The second kappa shape index (κ2) is 38.3. The minimum Gasteiger partial charge on any atom is -0.467 e. The zero-order valence-electron chi connectivity index (χ0n) is 25.3. The van der Waals surface area contributed by atoms with Gasteiger partial charge in [0.25, 0.3) is 0 Å². The van der Waals surface area contributed by atoms with Crippen molar-refractivity contribution in [3.63, 3.8) is 0 Å². The Kier molecular flexibility index (Phi) is 37.6. The molecule has 0 amide bonds. The molecule has 0 aliphatic rings. The highest BCUT2D eigenvalue weighted by Crippen LogP contribution is 1.87. The van der Waals surface area contributed by atoms with Crippen LogP contribution in [-0.4, -0.2) is 178 Å². The molecular weight excluding hydrogens is 584 g/mol. The van der Waals surface area contributed by atoms with Crippen molar-refractivity contribution in [2.45, 2.75) is 0 Å². The zero-order chi connectivity index (χ0) is 30.4. The lowest BCUT2D eigenvalue weighted by molar-refractivity contribution is -0.146. The Labute approximate surface area is 255 Å². The van der Waals surface area contributed by atoms with Crippen molar-refractivity contribution in [3.05, 3.63) is 0 Å². The highest BCUT2D eigenvalue weighted by Gasteiger charge is 1.99. The third kappa shape index (κ3) is 37.3. The molecule has 0 fully saturated rings. The first-order chi connectivity index (χ1) is 20.8. The number of halogens is 1. The van der Waals surface area contributed by atoms with E-state index in [0.717, 1.165) is 0 Å². The normalized spacial score (nSPS) is 11.4. The molecule has 0 bridgehead atoms. The standard InChI is InChI=1S/C27H53ClO14/c1-30-27(29)26-42-25-24-41-23-22-40-21-20-39-19-18-38-17-16-37-15-14-36-13-12-35-11-10-34-9-8-33-7-6-32-5-4-31-3-2-28/h2-26H2,1H3. The molecule has 0 N–H and O–H groups in total. The van der Waals surface area contributed by atoms with Crippen LogP contribution in [0.2, 0.25) is 0 Å². The number of ether oxygens (including phenoxy) is 13. The average molecular weight is 637 g/mol. The minimum absolute atomic E-state index is 0.0707. The van der Waals surface area contributed by atoms with Crippen LogP contribution in [-0.2, 0) is 66.4 Å². The number of hydrogen-bond donors (Lipinski definition) is 0. The first-order valence-corrected chi connectivity index (χ1v) is 14.9. The van der Waals surface area contributed by atoms with Gasteiger partial charge in [-0.3, -0.25) is 0 Å². The van der Waals surface area contributed by atoms with Crippen molar-refractivity contribution in [2.75, 3.05) is 172 Å². The second-order valence-electron chi connectivity index (χ2n) is 8.05. The molecule has 0 radical (unpaired) electrons. The molecular formula is C27H53ClO14. The van der Waals surface area contributed by atoms with Crippen LogP contribution in [0.3, 0.4) is 0 Å². The smallest absolute Gasteiger partial charge is 0.331 e. The van der Waals surface area contributed by atoms with Crippen molar-refractivity contribution < 1.29 is 66.4 Å². The van der Waals surface area contributed by atoms with Crippen LogP contribution in [0.25, 0.3) is 0 Å². The number of rotatable bonds is 37. The number of methoxy groups -OCH3 is 1. The summed E-state index contributed by atoms with van der Waals surface area (Å²) < 4.78 is 68.8. The summed E-state index contributed by atoms with van der Waals surface area (Å²) in [6.07, 6.45) is 0. The SMILES string of the molecule is COC(=O)COCCOCCOCCOCCOCCOCCOCCOCCOCCOCCOCCOCCCl. The van der Waals surface area contributed by atoms with E-state index in [2.05, 4.69) is 4.74 Å². The van der Waals surface area contributed by atoms with E-state index >= 15 is 0 Å². The Bertz CT molecular complexity index is 521. The first kappa shape index (κ1) is 41.3. The fourth-order valence-corrected chi connectivity index (χ4v) is 2.80. The molecule has 0 heterocycles. The van der Waals surface area contributed by atoms with Crippen LogP contribution >= 0.6 is 11.6 Å². The number of hydrogen-bond acceptors (Lipinski definition) is 14. The lowest BCUT2D eigenvalue weighted by Gasteiger charge is -2.09. The van der Waals surface area contributed by atoms with Gasteiger partial charge in [-0.2, -0.15) is 0 Å². The highest BCUT2D eigenvalue weighted by atomic mass is 35.5.